The fraction of sp³-hybridized carbons (Fsp3) is 0.111. The van der Waals surface area contributed by atoms with Crippen LogP contribution in [0.2, 0.25) is 0 Å². The molecule has 2 aromatic heterocycles. The first-order valence-electron chi connectivity index (χ1n) is 11.3. The van der Waals surface area contributed by atoms with Crippen LogP contribution in [0.3, 0.4) is 0 Å². The number of carbonyl (C=O) groups is 2. The molecular weight excluding hydrogens is 466 g/mol. The van der Waals surface area contributed by atoms with Gasteiger partial charge in [0.25, 0.3) is 17.2 Å². The van der Waals surface area contributed by atoms with E-state index in [0.717, 1.165) is 16.5 Å². The molecule has 180 valence electrons. The Kier molecular flexibility index (Phi) is 5.68. The second-order valence-corrected chi connectivity index (χ2v) is 8.34. The summed E-state index contributed by atoms with van der Waals surface area (Å²) in [6, 6.07) is 14.2. The molecule has 0 aliphatic carbocycles. The largest absolute Gasteiger partial charge is 0.331 e. The molecule has 1 N–H and O–H groups in total. The molecule has 3 heterocycles. The number of rotatable bonds is 5. The van der Waals surface area contributed by atoms with Gasteiger partial charge in [-0.15, -0.1) is 0 Å². The molecule has 0 bridgehead atoms. The Balaban J connectivity index is 1.78. The second-order valence-electron chi connectivity index (χ2n) is 8.34. The summed E-state index contributed by atoms with van der Waals surface area (Å²) in [7, 11) is 0. The quantitative estimate of drug-likeness (QED) is 0.346. The molecular formula is C27H21F2N4O3+. The zero-order valence-electron chi connectivity index (χ0n) is 19.5. The van der Waals surface area contributed by atoms with Crippen molar-refractivity contribution in [2.24, 2.45) is 0 Å². The summed E-state index contributed by atoms with van der Waals surface area (Å²) in [5.41, 5.74) is 0.677. The SMILES string of the molecule is CCc1[nH]n(-c2ccc(F)cc2)c(=O)c1C1=C([n+]2ccc(C)cc2)C(=O)N(c2ccccc2F)C1=O. The van der Waals surface area contributed by atoms with E-state index < -0.39 is 29.0 Å². The molecule has 0 atom stereocenters. The van der Waals surface area contributed by atoms with Crippen LogP contribution in [0.25, 0.3) is 17.0 Å². The number of halogens is 2. The van der Waals surface area contributed by atoms with Crippen molar-refractivity contribution < 1.29 is 22.9 Å². The summed E-state index contributed by atoms with van der Waals surface area (Å²) in [6.45, 7) is 3.66. The predicted octanol–water partition coefficient (Wildman–Crippen LogP) is 3.54. The van der Waals surface area contributed by atoms with E-state index in [-0.39, 0.29) is 22.5 Å². The lowest BCUT2D eigenvalue weighted by atomic mass is 10.0. The van der Waals surface area contributed by atoms with Crippen LogP contribution >= 0.6 is 0 Å². The van der Waals surface area contributed by atoms with E-state index >= 15 is 0 Å². The van der Waals surface area contributed by atoms with Gasteiger partial charge in [-0.25, -0.2) is 18.4 Å². The highest BCUT2D eigenvalue weighted by Crippen LogP contribution is 2.34. The summed E-state index contributed by atoms with van der Waals surface area (Å²) in [4.78, 5) is 41.9. The maximum absolute atomic E-state index is 14.7. The standard InChI is InChI=1S/C27H20F2N4O3/c1-3-20-22(26(35)33(30-20)18-10-8-17(28)9-11-18)23-24(31-14-12-16(2)13-15-31)27(36)32(25(23)34)21-7-5-4-6-19(21)29/h4-15H,3H2,1-2H3/p+1. The molecule has 5 rings (SSSR count). The molecule has 36 heavy (non-hydrogen) atoms. The van der Waals surface area contributed by atoms with Gasteiger partial charge >= 0.3 is 5.91 Å². The van der Waals surface area contributed by atoms with E-state index in [2.05, 4.69) is 5.10 Å². The highest BCUT2D eigenvalue weighted by molar-refractivity contribution is 6.53. The van der Waals surface area contributed by atoms with Crippen molar-refractivity contribution in [3.63, 3.8) is 0 Å². The molecule has 4 aromatic rings. The van der Waals surface area contributed by atoms with Crippen LogP contribution in [0.4, 0.5) is 14.5 Å². The molecule has 2 amide bonds. The number of hydrogen-bond acceptors (Lipinski definition) is 3. The second kappa shape index (κ2) is 8.84. The minimum Gasteiger partial charge on any atom is -0.294 e. The Morgan fingerprint density at radius 1 is 0.889 bits per heavy atom. The van der Waals surface area contributed by atoms with E-state index in [0.29, 0.717) is 17.8 Å². The summed E-state index contributed by atoms with van der Waals surface area (Å²) in [5.74, 6) is -2.79. The third-order valence-electron chi connectivity index (χ3n) is 6.06. The first-order chi connectivity index (χ1) is 17.3. The van der Waals surface area contributed by atoms with Crippen molar-refractivity contribution >= 4 is 28.8 Å². The average molecular weight is 487 g/mol. The Bertz CT molecular complexity index is 1600. The van der Waals surface area contributed by atoms with Crippen LogP contribution in [-0.2, 0) is 16.0 Å². The molecule has 0 fully saturated rings. The minimum absolute atomic E-state index is 0.00193. The average Bonchev–Trinajstić information content (AvgIpc) is 3.33. The maximum atomic E-state index is 14.7. The third kappa shape index (κ3) is 3.65. The van der Waals surface area contributed by atoms with Crippen LogP contribution in [0.15, 0.2) is 77.9 Å². The van der Waals surface area contributed by atoms with Gasteiger partial charge in [0.05, 0.1) is 16.9 Å². The summed E-state index contributed by atoms with van der Waals surface area (Å²) in [5, 5.41) is 2.98. The first kappa shape index (κ1) is 23.1. The van der Waals surface area contributed by atoms with Crippen LogP contribution in [0.5, 0.6) is 0 Å². The van der Waals surface area contributed by atoms with Gasteiger partial charge in [0.15, 0.2) is 12.4 Å². The maximum Gasteiger partial charge on any atom is 0.331 e. The van der Waals surface area contributed by atoms with Crippen molar-refractivity contribution in [1.82, 2.24) is 9.78 Å². The van der Waals surface area contributed by atoms with E-state index in [1.54, 1.807) is 31.5 Å². The molecule has 0 saturated carbocycles. The predicted molar refractivity (Wildman–Crippen MR) is 129 cm³/mol. The van der Waals surface area contributed by atoms with Crippen molar-refractivity contribution in [3.05, 3.63) is 112 Å². The Morgan fingerprint density at radius 2 is 1.56 bits per heavy atom. The van der Waals surface area contributed by atoms with Gasteiger partial charge in [-0.1, -0.05) is 19.1 Å². The Hall–Kier alpha value is -4.66. The van der Waals surface area contributed by atoms with Crippen molar-refractivity contribution in [2.75, 3.05) is 4.90 Å². The van der Waals surface area contributed by atoms with E-state index in [9.17, 15) is 23.2 Å². The molecule has 1 aliphatic heterocycles. The van der Waals surface area contributed by atoms with Gasteiger partial charge in [0, 0.05) is 17.8 Å². The highest BCUT2D eigenvalue weighted by Gasteiger charge is 2.48. The lowest BCUT2D eigenvalue weighted by Gasteiger charge is -2.14. The number of aromatic amines is 1. The number of anilines is 1. The first-order valence-corrected chi connectivity index (χ1v) is 11.3. The summed E-state index contributed by atoms with van der Waals surface area (Å²) in [6.07, 6.45) is 3.55. The van der Waals surface area contributed by atoms with Crippen LogP contribution in [0.1, 0.15) is 23.7 Å². The molecule has 2 aromatic carbocycles. The van der Waals surface area contributed by atoms with Gasteiger partial charge in [-0.05, 0) is 55.3 Å². The smallest absolute Gasteiger partial charge is 0.294 e. The number of amides is 2. The molecule has 0 spiro atoms. The summed E-state index contributed by atoms with van der Waals surface area (Å²) < 4.78 is 30.8. The van der Waals surface area contributed by atoms with E-state index in [1.807, 2.05) is 6.92 Å². The molecule has 9 heteroatoms. The molecule has 7 nitrogen and oxygen atoms in total. The van der Waals surface area contributed by atoms with Crippen LogP contribution < -0.4 is 15.0 Å². The number of benzene rings is 2. The van der Waals surface area contributed by atoms with Gasteiger partial charge in [-0.3, -0.25) is 19.5 Å². The molecule has 1 aliphatic rings. The number of carbonyl (C=O) groups excluding carboxylic acids is 2. The number of H-pyrrole nitrogens is 1. The van der Waals surface area contributed by atoms with Crippen molar-refractivity contribution in [2.45, 2.75) is 20.3 Å². The van der Waals surface area contributed by atoms with Crippen molar-refractivity contribution in [1.29, 1.82) is 0 Å². The van der Waals surface area contributed by atoms with Gasteiger partial charge < -0.3 is 0 Å². The number of hydrogen-bond donors (Lipinski definition) is 1. The molecule has 0 saturated heterocycles. The monoisotopic (exact) mass is 487 g/mol. The number of nitrogens with one attached hydrogen (secondary N) is 1. The van der Waals surface area contributed by atoms with Gasteiger partial charge in [-0.2, -0.15) is 4.57 Å². The zero-order chi connectivity index (χ0) is 25.6. The number of aromatic nitrogens is 3. The molecule has 0 radical (unpaired) electrons. The molecule has 0 unspecified atom stereocenters. The Labute approximate surface area is 204 Å². The zero-order valence-corrected chi connectivity index (χ0v) is 19.5. The lowest BCUT2D eigenvalue weighted by Crippen LogP contribution is -2.39. The number of aryl methyl sites for hydroxylation is 2. The van der Waals surface area contributed by atoms with E-state index in [4.69, 9.17) is 0 Å². The Morgan fingerprint density at radius 3 is 2.19 bits per heavy atom. The minimum atomic E-state index is -0.815. The van der Waals surface area contributed by atoms with E-state index in [1.165, 1.54) is 51.7 Å². The fourth-order valence-electron chi connectivity index (χ4n) is 4.25. The van der Waals surface area contributed by atoms with Gasteiger partial charge in [0.1, 0.15) is 17.2 Å². The van der Waals surface area contributed by atoms with Crippen LogP contribution in [-0.4, -0.2) is 21.6 Å². The fourth-order valence-corrected chi connectivity index (χ4v) is 4.25. The number of pyridine rings is 1. The topological polar surface area (TPSA) is 79.1 Å². The number of para-hydroxylation sites is 1. The lowest BCUT2D eigenvalue weighted by molar-refractivity contribution is -0.576. The third-order valence-corrected chi connectivity index (χ3v) is 6.06. The summed E-state index contributed by atoms with van der Waals surface area (Å²) >= 11 is 0. The highest BCUT2D eigenvalue weighted by atomic mass is 19.1. The van der Waals surface area contributed by atoms with Crippen molar-refractivity contribution in [3.8, 4) is 5.69 Å². The normalized spacial score (nSPS) is 13.7. The number of nitrogens with zero attached hydrogens (tertiary/aromatic N) is 3. The van der Waals surface area contributed by atoms with Gasteiger partial charge in [0.2, 0.25) is 0 Å². The number of imide groups is 1. The van der Waals surface area contributed by atoms with Crippen LogP contribution in [0, 0.1) is 18.6 Å².